The maximum Gasteiger partial charge on any atom is 0.0859 e. The van der Waals surface area contributed by atoms with Gasteiger partial charge in [0.15, 0.2) is 0 Å². The van der Waals surface area contributed by atoms with Crippen molar-refractivity contribution in [2.75, 3.05) is 18.9 Å². The summed E-state index contributed by atoms with van der Waals surface area (Å²) in [6.07, 6.45) is 9.68. The van der Waals surface area contributed by atoms with Crippen LogP contribution in [0, 0.1) is 5.92 Å². The van der Waals surface area contributed by atoms with E-state index in [9.17, 15) is 0 Å². The van der Waals surface area contributed by atoms with E-state index in [4.69, 9.17) is 33.7 Å². The summed E-state index contributed by atoms with van der Waals surface area (Å²) in [6.45, 7) is 5.65. The van der Waals surface area contributed by atoms with Crippen molar-refractivity contribution in [3.05, 3.63) is 35.4 Å². The standard InChI is InChI=1S/C20H32Cl3NP2/c1-3-6-17(2)15-24(26(23)14-13-25(21)22)16-18-9-11-20(12-10-18)19-7-4-5-8-19/h9-12,17,19H,3-8,13-16H2,1-2H3. The van der Waals surface area contributed by atoms with Gasteiger partial charge >= 0.3 is 0 Å². The largest absolute Gasteiger partial charge is 0.265 e. The second-order valence-electron chi connectivity index (χ2n) is 7.55. The summed E-state index contributed by atoms with van der Waals surface area (Å²) in [7, 11) is -0.707. The smallest absolute Gasteiger partial charge is 0.0859 e. The van der Waals surface area contributed by atoms with Crippen molar-refractivity contribution < 1.29 is 0 Å². The molecular formula is C20H32Cl3NP2. The van der Waals surface area contributed by atoms with Crippen molar-refractivity contribution >= 4 is 47.8 Å². The van der Waals surface area contributed by atoms with Crippen LogP contribution < -0.4 is 0 Å². The van der Waals surface area contributed by atoms with Gasteiger partial charge in [0.05, 0.1) is 14.1 Å². The molecule has 2 atom stereocenters. The molecule has 1 fully saturated rings. The molecule has 26 heavy (non-hydrogen) atoms. The first-order chi connectivity index (χ1) is 12.5. The summed E-state index contributed by atoms with van der Waals surface area (Å²) in [5.41, 5.74) is 2.88. The molecule has 6 heteroatoms. The first-order valence-corrected chi connectivity index (χ1v) is 15.6. The lowest BCUT2D eigenvalue weighted by atomic mass is 9.97. The highest BCUT2D eigenvalue weighted by atomic mass is 35.9. The van der Waals surface area contributed by atoms with Crippen molar-refractivity contribution in [3.8, 4) is 0 Å². The van der Waals surface area contributed by atoms with Crippen LogP contribution in [0.2, 0.25) is 0 Å². The molecule has 0 aliphatic heterocycles. The highest BCUT2D eigenvalue weighted by Crippen LogP contribution is 2.53. The van der Waals surface area contributed by atoms with Gasteiger partial charge in [0.2, 0.25) is 0 Å². The van der Waals surface area contributed by atoms with E-state index in [0.29, 0.717) is 5.92 Å². The van der Waals surface area contributed by atoms with Crippen molar-refractivity contribution in [2.24, 2.45) is 5.92 Å². The second-order valence-corrected chi connectivity index (χ2v) is 14.4. The van der Waals surface area contributed by atoms with Crippen LogP contribution in [0.15, 0.2) is 24.3 Å². The minimum Gasteiger partial charge on any atom is -0.265 e. The number of halogens is 3. The molecule has 1 aromatic carbocycles. The molecule has 2 unspecified atom stereocenters. The van der Waals surface area contributed by atoms with Crippen molar-refractivity contribution in [1.29, 1.82) is 0 Å². The van der Waals surface area contributed by atoms with Crippen LogP contribution in [0.25, 0.3) is 0 Å². The molecule has 0 bridgehead atoms. The fourth-order valence-corrected chi connectivity index (χ4v) is 8.55. The molecule has 0 saturated heterocycles. The Morgan fingerprint density at radius 3 is 2.31 bits per heavy atom. The van der Waals surface area contributed by atoms with E-state index in [1.807, 2.05) is 0 Å². The highest BCUT2D eigenvalue weighted by molar-refractivity contribution is 8.04. The molecule has 1 saturated carbocycles. The zero-order valence-corrected chi connectivity index (χ0v) is 20.1. The Labute approximate surface area is 177 Å². The summed E-state index contributed by atoms with van der Waals surface area (Å²) >= 11 is 18.8. The van der Waals surface area contributed by atoms with Gasteiger partial charge in [-0.2, -0.15) is 0 Å². The Hall–Kier alpha value is 0.910. The molecule has 2 rings (SSSR count). The monoisotopic (exact) mass is 453 g/mol. The SMILES string of the molecule is CCCC(C)CN(Cc1ccc(C2CCCC2)cc1)P(Cl)CCP(Cl)Cl. The summed E-state index contributed by atoms with van der Waals surface area (Å²) in [5.74, 6) is 1.44. The van der Waals surface area contributed by atoms with Gasteiger partial charge in [-0.05, 0) is 42.2 Å². The normalized spacial score (nSPS) is 18.0. The number of nitrogens with zero attached hydrogens (tertiary/aromatic N) is 1. The minimum absolute atomic E-state index is 0.662. The van der Waals surface area contributed by atoms with Gasteiger partial charge in [-0.25, -0.2) is 0 Å². The van der Waals surface area contributed by atoms with Gasteiger partial charge in [0.1, 0.15) is 0 Å². The van der Waals surface area contributed by atoms with Crippen molar-refractivity contribution in [3.63, 3.8) is 0 Å². The fraction of sp³-hybridized carbons (Fsp3) is 0.700. The van der Waals surface area contributed by atoms with Crippen LogP contribution in [0.5, 0.6) is 0 Å². The van der Waals surface area contributed by atoms with Crippen LogP contribution >= 0.6 is 47.8 Å². The number of hydrogen-bond acceptors (Lipinski definition) is 1. The van der Waals surface area contributed by atoms with Gasteiger partial charge < -0.3 is 0 Å². The zero-order chi connectivity index (χ0) is 18.9. The molecule has 1 aliphatic carbocycles. The molecule has 148 valence electrons. The predicted octanol–water partition coefficient (Wildman–Crippen LogP) is 8.92. The van der Waals surface area contributed by atoms with Crippen LogP contribution in [0.4, 0.5) is 0 Å². The molecule has 0 heterocycles. The van der Waals surface area contributed by atoms with Crippen molar-refractivity contribution in [2.45, 2.75) is 64.8 Å². The highest BCUT2D eigenvalue weighted by Gasteiger charge is 2.21. The first-order valence-electron chi connectivity index (χ1n) is 9.85. The molecular weight excluding hydrogens is 423 g/mol. The predicted molar refractivity (Wildman–Crippen MR) is 123 cm³/mol. The molecule has 0 N–H and O–H groups in total. The summed E-state index contributed by atoms with van der Waals surface area (Å²) in [5, 5.41) is 0. The lowest BCUT2D eigenvalue weighted by Gasteiger charge is -2.30. The Morgan fingerprint density at radius 1 is 1.08 bits per heavy atom. The summed E-state index contributed by atoms with van der Waals surface area (Å²) < 4.78 is 2.47. The van der Waals surface area contributed by atoms with E-state index < -0.39 is 14.1 Å². The third-order valence-electron chi connectivity index (χ3n) is 5.24. The quantitative estimate of drug-likeness (QED) is 0.302. The van der Waals surface area contributed by atoms with Gasteiger partial charge in [0.25, 0.3) is 0 Å². The van der Waals surface area contributed by atoms with Crippen molar-refractivity contribution in [1.82, 2.24) is 4.67 Å². The Kier molecular flexibility index (Phi) is 11.1. The second kappa shape index (κ2) is 12.5. The van der Waals surface area contributed by atoms with E-state index in [2.05, 4.69) is 42.8 Å². The third-order valence-corrected chi connectivity index (χ3v) is 9.82. The molecule has 0 radical (unpaired) electrons. The average molecular weight is 455 g/mol. The lowest BCUT2D eigenvalue weighted by molar-refractivity contribution is 0.360. The van der Waals surface area contributed by atoms with Gasteiger partial charge in [-0.3, -0.25) is 4.67 Å². The van der Waals surface area contributed by atoms with Crippen LogP contribution in [0.1, 0.15) is 69.4 Å². The van der Waals surface area contributed by atoms with E-state index >= 15 is 0 Å². The summed E-state index contributed by atoms with van der Waals surface area (Å²) in [4.78, 5) is 0. The van der Waals surface area contributed by atoms with E-state index in [1.54, 1.807) is 0 Å². The summed E-state index contributed by atoms with van der Waals surface area (Å²) in [6, 6.07) is 9.29. The molecule has 0 spiro atoms. The number of rotatable bonds is 11. The molecule has 1 nitrogen and oxygen atoms in total. The zero-order valence-electron chi connectivity index (χ0n) is 16.0. The molecule has 1 aromatic rings. The van der Waals surface area contributed by atoms with E-state index in [-0.39, 0.29) is 0 Å². The average Bonchev–Trinajstić information content (AvgIpc) is 3.14. The number of hydrogen-bond donors (Lipinski definition) is 0. The van der Waals surface area contributed by atoms with Gasteiger partial charge in [-0.15, -0.1) is 0 Å². The molecule has 0 aromatic heterocycles. The first kappa shape index (κ1) is 23.2. The maximum atomic E-state index is 6.80. The third kappa shape index (κ3) is 8.11. The van der Waals surface area contributed by atoms with Crippen LogP contribution in [-0.2, 0) is 6.54 Å². The van der Waals surface area contributed by atoms with E-state index in [1.165, 1.54) is 49.7 Å². The topological polar surface area (TPSA) is 3.24 Å². The lowest BCUT2D eigenvalue weighted by Crippen LogP contribution is -2.23. The molecule has 1 aliphatic rings. The maximum absolute atomic E-state index is 6.80. The van der Waals surface area contributed by atoms with Crippen LogP contribution in [-0.4, -0.2) is 23.5 Å². The van der Waals surface area contributed by atoms with Crippen LogP contribution in [0.3, 0.4) is 0 Å². The fourth-order valence-electron chi connectivity index (χ4n) is 3.84. The Balaban J connectivity index is 1.99. The number of benzene rings is 1. The van der Waals surface area contributed by atoms with E-state index in [0.717, 1.165) is 31.3 Å². The Bertz CT molecular complexity index is 506. The Morgan fingerprint density at radius 2 is 1.73 bits per heavy atom. The molecule has 0 amide bonds. The van der Waals surface area contributed by atoms with Gasteiger partial charge in [-0.1, -0.05) is 91.1 Å². The minimum atomic E-state index is -0.904. The van der Waals surface area contributed by atoms with Gasteiger partial charge in [0, 0.05) is 25.4 Å².